The second-order valence-corrected chi connectivity index (χ2v) is 4.69. The number of pyridine rings is 1. The fourth-order valence-corrected chi connectivity index (χ4v) is 1.32. The molecule has 1 rings (SSSR count). The van der Waals surface area contributed by atoms with Crippen LogP contribution in [0.3, 0.4) is 0 Å². The highest BCUT2D eigenvalue weighted by atomic mass is 16.6. The first-order valence-electron chi connectivity index (χ1n) is 5.50. The molecular weight excluding hydrogens is 250 g/mol. The van der Waals surface area contributed by atoms with Crippen LogP contribution in [-0.4, -0.2) is 21.6 Å². The second-order valence-electron chi connectivity index (χ2n) is 4.69. The number of carbonyl (C=O) groups excluding carboxylic acids is 1. The second kappa shape index (κ2) is 5.47. The standard InChI is InChI=1S/C12H15N3O4/c1-5-8-6-7-13-10(9(8)15(17)18)14-11(16)19-12(2,3)4/h5-7H,1H2,2-4H3,(H,13,14,16). The monoisotopic (exact) mass is 265 g/mol. The van der Waals surface area contributed by atoms with E-state index in [-0.39, 0.29) is 17.1 Å². The van der Waals surface area contributed by atoms with Gasteiger partial charge >= 0.3 is 11.8 Å². The van der Waals surface area contributed by atoms with Gasteiger partial charge in [0.15, 0.2) is 0 Å². The molecule has 0 aliphatic rings. The molecule has 0 radical (unpaired) electrons. The lowest BCUT2D eigenvalue weighted by atomic mass is 10.2. The van der Waals surface area contributed by atoms with E-state index in [9.17, 15) is 14.9 Å². The van der Waals surface area contributed by atoms with Gasteiger partial charge in [0.2, 0.25) is 5.82 Å². The van der Waals surface area contributed by atoms with Crippen LogP contribution in [0.1, 0.15) is 26.3 Å². The Labute approximate surface area is 110 Å². The number of nitrogens with zero attached hydrogens (tertiary/aromatic N) is 2. The van der Waals surface area contributed by atoms with Crippen molar-refractivity contribution in [2.45, 2.75) is 26.4 Å². The molecule has 0 atom stereocenters. The lowest BCUT2D eigenvalue weighted by Gasteiger charge is -2.19. The number of aromatic nitrogens is 1. The van der Waals surface area contributed by atoms with E-state index < -0.39 is 16.6 Å². The summed E-state index contributed by atoms with van der Waals surface area (Å²) in [4.78, 5) is 25.7. The summed E-state index contributed by atoms with van der Waals surface area (Å²) in [5, 5.41) is 13.3. The predicted octanol–water partition coefficient (Wildman–Crippen LogP) is 2.98. The number of amides is 1. The van der Waals surface area contributed by atoms with Crippen LogP contribution in [0.15, 0.2) is 18.8 Å². The maximum Gasteiger partial charge on any atom is 0.413 e. The molecule has 0 spiro atoms. The van der Waals surface area contributed by atoms with Gasteiger partial charge in [-0.1, -0.05) is 12.7 Å². The first-order chi connectivity index (χ1) is 8.74. The van der Waals surface area contributed by atoms with Crippen LogP contribution in [0.25, 0.3) is 6.08 Å². The number of hydrogen-bond donors (Lipinski definition) is 1. The van der Waals surface area contributed by atoms with Gasteiger partial charge in [-0.25, -0.2) is 9.78 Å². The van der Waals surface area contributed by atoms with Gasteiger partial charge in [0, 0.05) is 6.20 Å². The van der Waals surface area contributed by atoms with Crippen LogP contribution < -0.4 is 5.32 Å². The summed E-state index contributed by atoms with van der Waals surface area (Å²) in [6, 6.07) is 1.44. The van der Waals surface area contributed by atoms with Crippen molar-refractivity contribution in [2.24, 2.45) is 0 Å². The third-order valence-corrected chi connectivity index (χ3v) is 1.98. The van der Waals surface area contributed by atoms with E-state index in [1.54, 1.807) is 20.8 Å². The van der Waals surface area contributed by atoms with Crippen molar-refractivity contribution in [3.05, 3.63) is 34.5 Å². The van der Waals surface area contributed by atoms with E-state index in [0.29, 0.717) is 0 Å². The molecular formula is C12H15N3O4. The summed E-state index contributed by atoms with van der Waals surface area (Å²) >= 11 is 0. The minimum absolute atomic E-state index is 0.170. The summed E-state index contributed by atoms with van der Waals surface area (Å²) in [5.41, 5.74) is -0.746. The average Bonchev–Trinajstić information content (AvgIpc) is 2.25. The topological polar surface area (TPSA) is 94.4 Å². The zero-order chi connectivity index (χ0) is 14.6. The van der Waals surface area contributed by atoms with Crippen molar-refractivity contribution in [1.29, 1.82) is 0 Å². The molecule has 102 valence electrons. The molecule has 1 heterocycles. The van der Waals surface area contributed by atoms with Gasteiger partial charge in [0.1, 0.15) is 5.60 Å². The molecule has 1 aromatic rings. The summed E-state index contributed by atoms with van der Waals surface area (Å²) in [7, 11) is 0. The van der Waals surface area contributed by atoms with Crippen molar-refractivity contribution >= 4 is 23.7 Å². The van der Waals surface area contributed by atoms with Gasteiger partial charge in [-0.2, -0.15) is 0 Å². The Bertz CT molecular complexity index is 520. The van der Waals surface area contributed by atoms with E-state index >= 15 is 0 Å². The number of hydrogen-bond acceptors (Lipinski definition) is 5. The van der Waals surface area contributed by atoms with Crippen molar-refractivity contribution < 1.29 is 14.5 Å². The molecule has 0 fully saturated rings. The molecule has 1 N–H and O–H groups in total. The Morgan fingerprint density at radius 2 is 2.21 bits per heavy atom. The summed E-state index contributed by atoms with van der Waals surface area (Å²) in [6.45, 7) is 8.54. The van der Waals surface area contributed by atoms with E-state index in [0.717, 1.165) is 0 Å². The summed E-state index contributed by atoms with van der Waals surface area (Å²) in [6.07, 6.45) is 1.86. The Morgan fingerprint density at radius 3 is 2.68 bits per heavy atom. The van der Waals surface area contributed by atoms with Crippen molar-refractivity contribution in [1.82, 2.24) is 4.98 Å². The highest BCUT2D eigenvalue weighted by Crippen LogP contribution is 2.27. The molecule has 1 amide bonds. The van der Waals surface area contributed by atoms with Gasteiger partial charge < -0.3 is 4.74 Å². The van der Waals surface area contributed by atoms with Gasteiger partial charge in [0.05, 0.1) is 10.5 Å². The van der Waals surface area contributed by atoms with Crippen LogP contribution in [-0.2, 0) is 4.74 Å². The Morgan fingerprint density at radius 1 is 1.58 bits per heavy atom. The molecule has 1 aromatic heterocycles. The average molecular weight is 265 g/mol. The van der Waals surface area contributed by atoms with Gasteiger partial charge in [-0.15, -0.1) is 0 Å². The summed E-state index contributed by atoms with van der Waals surface area (Å²) in [5.74, 6) is -0.170. The molecule has 0 saturated carbocycles. The molecule has 0 saturated heterocycles. The Kier molecular flexibility index (Phi) is 4.21. The van der Waals surface area contributed by atoms with Crippen molar-refractivity contribution in [2.75, 3.05) is 5.32 Å². The minimum atomic E-state index is -0.802. The van der Waals surface area contributed by atoms with Crippen LogP contribution in [0, 0.1) is 10.1 Å². The third-order valence-electron chi connectivity index (χ3n) is 1.98. The van der Waals surface area contributed by atoms with Crippen LogP contribution in [0.5, 0.6) is 0 Å². The van der Waals surface area contributed by atoms with E-state index in [4.69, 9.17) is 4.74 Å². The number of nitro groups is 1. The van der Waals surface area contributed by atoms with Crippen molar-refractivity contribution in [3.63, 3.8) is 0 Å². The molecule has 0 aromatic carbocycles. The fourth-order valence-electron chi connectivity index (χ4n) is 1.32. The quantitative estimate of drug-likeness (QED) is 0.669. The molecule has 0 bridgehead atoms. The zero-order valence-corrected chi connectivity index (χ0v) is 11.0. The van der Waals surface area contributed by atoms with E-state index in [1.807, 2.05) is 0 Å². The molecule has 7 nitrogen and oxygen atoms in total. The maximum atomic E-state index is 11.6. The van der Waals surface area contributed by atoms with Crippen LogP contribution >= 0.6 is 0 Å². The molecule has 0 aliphatic carbocycles. The molecule has 0 unspecified atom stereocenters. The SMILES string of the molecule is C=Cc1ccnc(NC(=O)OC(C)(C)C)c1[N+](=O)[O-]. The molecule has 0 aliphatic heterocycles. The molecule has 7 heteroatoms. The smallest absolute Gasteiger partial charge is 0.413 e. The van der Waals surface area contributed by atoms with Crippen LogP contribution in [0.4, 0.5) is 16.3 Å². The van der Waals surface area contributed by atoms with E-state index in [2.05, 4.69) is 16.9 Å². The Balaban J connectivity index is 3.05. The fraction of sp³-hybridized carbons (Fsp3) is 0.333. The predicted molar refractivity (Wildman–Crippen MR) is 70.8 cm³/mol. The van der Waals surface area contributed by atoms with Gasteiger partial charge in [-0.3, -0.25) is 15.4 Å². The largest absolute Gasteiger partial charge is 0.444 e. The van der Waals surface area contributed by atoms with Crippen molar-refractivity contribution in [3.8, 4) is 0 Å². The van der Waals surface area contributed by atoms with Crippen LogP contribution in [0.2, 0.25) is 0 Å². The van der Waals surface area contributed by atoms with Gasteiger partial charge in [0.25, 0.3) is 0 Å². The highest BCUT2D eigenvalue weighted by molar-refractivity contribution is 5.88. The first kappa shape index (κ1) is 14.6. The zero-order valence-electron chi connectivity index (χ0n) is 11.0. The number of nitrogens with one attached hydrogen (secondary N) is 1. The number of anilines is 1. The van der Waals surface area contributed by atoms with Gasteiger partial charge in [-0.05, 0) is 26.8 Å². The number of rotatable bonds is 3. The highest BCUT2D eigenvalue weighted by Gasteiger charge is 2.23. The molecule has 19 heavy (non-hydrogen) atoms. The minimum Gasteiger partial charge on any atom is -0.444 e. The van der Waals surface area contributed by atoms with E-state index in [1.165, 1.54) is 18.3 Å². The first-order valence-corrected chi connectivity index (χ1v) is 5.50. The lowest BCUT2D eigenvalue weighted by Crippen LogP contribution is -2.27. The lowest BCUT2D eigenvalue weighted by molar-refractivity contribution is -0.384. The number of carbonyl (C=O) groups is 1. The third kappa shape index (κ3) is 4.06. The number of ether oxygens (including phenoxy) is 1. The maximum absolute atomic E-state index is 11.6. The Hall–Kier alpha value is -2.44. The normalized spacial score (nSPS) is 10.7. The summed E-state index contributed by atoms with van der Waals surface area (Å²) < 4.78 is 5.01.